The Morgan fingerprint density at radius 2 is 1.75 bits per heavy atom. The molecule has 2 aromatic rings. The summed E-state index contributed by atoms with van der Waals surface area (Å²) in [5.74, 6) is 0.269. The molecule has 3 nitrogen and oxygen atoms in total. The second kappa shape index (κ2) is 5.48. The van der Waals surface area contributed by atoms with Crippen molar-refractivity contribution in [2.24, 2.45) is 0 Å². The molecule has 0 radical (unpaired) electrons. The molecule has 0 saturated heterocycles. The lowest BCUT2D eigenvalue weighted by Crippen LogP contribution is -2.04. The third kappa shape index (κ3) is 3.46. The lowest BCUT2D eigenvalue weighted by Gasteiger charge is -2.09. The molecule has 0 aliphatic heterocycles. The van der Waals surface area contributed by atoms with E-state index in [1.165, 1.54) is 12.1 Å². The molecule has 20 heavy (non-hydrogen) atoms. The number of ether oxygens (including phenoxy) is 1. The molecule has 0 atom stereocenters. The van der Waals surface area contributed by atoms with Crippen LogP contribution in [0.15, 0.2) is 30.3 Å². The molecule has 0 bridgehead atoms. The van der Waals surface area contributed by atoms with E-state index >= 15 is 0 Å². The van der Waals surface area contributed by atoms with Gasteiger partial charge in [-0.3, -0.25) is 0 Å². The third-order valence-electron chi connectivity index (χ3n) is 2.64. The molecule has 106 valence electrons. The summed E-state index contributed by atoms with van der Waals surface area (Å²) in [4.78, 5) is 8.26. The molecule has 6 heteroatoms. The fraction of sp³-hybridized carbons (Fsp3) is 0.286. The van der Waals surface area contributed by atoms with Crippen LogP contribution in [0.3, 0.4) is 0 Å². The fourth-order valence-corrected chi connectivity index (χ4v) is 1.65. The Morgan fingerprint density at radius 3 is 2.30 bits per heavy atom. The Hall–Kier alpha value is -2.11. The van der Waals surface area contributed by atoms with Crippen LogP contribution in [-0.2, 0) is 12.6 Å². The first-order chi connectivity index (χ1) is 9.38. The highest BCUT2D eigenvalue weighted by molar-refractivity contribution is 5.30. The first kappa shape index (κ1) is 14.3. The predicted octanol–water partition coefficient (Wildman–Crippen LogP) is 4.16. The highest BCUT2D eigenvalue weighted by Crippen LogP contribution is 2.30. The molecule has 0 fully saturated rings. The number of aromatic nitrogens is 2. The molecule has 0 aliphatic rings. The highest BCUT2D eigenvalue weighted by Gasteiger charge is 2.30. The van der Waals surface area contributed by atoms with Crippen LogP contribution in [-0.4, -0.2) is 9.97 Å². The summed E-state index contributed by atoms with van der Waals surface area (Å²) in [6.07, 6.45) is -3.62. The van der Waals surface area contributed by atoms with Crippen molar-refractivity contribution in [2.75, 3.05) is 0 Å². The molecule has 1 aromatic heterocycles. The number of alkyl halides is 3. The van der Waals surface area contributed by atoms with E-state index in [1.54, 1.807) is 6.92 Å². The van der Waals surface area contributed by atoms with Crippen molar-refractivity contribution in [3.63, 3.8) is 0 Å². The van der Waals surface area contributed by atoms with E-state index in [0.29, 0.717) is 0 Å². The second-order valence-corrected chi connectivity index (χ2v) is 4.26. The minimum atomic E-state index is -4.35. The van der Waals surface area contributed by atoms with E-state index < -0.39 is 11.7 Å². The number of halogens is 3. The van der Waals surface area contributed by atoms with Gasteiger partial charge in [0.1, 0.15) is 5.75 Å². The van der Waals surface area contributed by atoms with Crippen LogP contribution in [0.2, 0.25) is 0 Å². The van der Waals surface area contributed by atoms with Gasteiger partial charge >= 0.3 is 12.2 Å². The van der Waals surface area contributed by atoms with Gasteiger partial charge in [0.05, 0.1) is 5.56 Å². The molecule has 0 saturated carbocycles. The summed E-state index contributed by atoms with van der Waals surface area (Å²) in [5, 5.41) is 0. The topological polar surface area (TPSA) is 35.0 Å². The van der Waals surface area contributed by atoms with Crippen molar-refractivity contribution in [3.8, 4) is 11.8 Å². The number of aryl methyl sites for hydroxylation is 2. The number of hydrogen-bond donors (Lipinski definition) is 0. The van der Waals surface area contributed by atoms with E-state index in [9.17, 15) is 13.2 Å². The van der Waals surface area contributed by atoms with E-state index in [4.69, 9.17) is 4.74 Å². The zero-order valence-corrected chi connectivity index (χ0v) is 11.0. The van der Waals surface area contributed by atoms with Gasteiger partial charge in [0.15, 0.2) is 0 Å². The summed E-state index contributed by atoms with van der Waals surface area (Å²) in [6, 6.07) is 6.40. The molecule has 1 heterocycles. The summed E-state index contributed by atoms with van der Waals surface area (Å²) < 4.78 is 42.7. The molecule has 1 aromatic carbocycles. The molecular weight excluding hydrogens is 269 g/mol. The minimum Gasteiger partial charge on any atom is -0.424 e. The quantitative estimate of drug-likeness (QED) is 0.848. The monoisotopic (exact) mass is 282 g/mol. The molecule has 0 aliphatic carbocycles. The molecule has 0 spiro atoms. The summed E-state index contributed by atoms with van der Waals surface area (Å²) >= 11 is 0. The van der Waals surface area contributed by atoms with Gasteiger partial charge in [-0.25, -0.2) is 4.98 Å². The maximum absolute atomic E-state index is 12.4. The first-order valence-corrected chi connectivity index (χ1v) is 6.08. The first-order valence-electron chi connectivity index (χ1n) is 6.08. The van der Waals surface area contributed by atoms with Crippen molar-refractivity contribution in [1.82, 2.24) is 9.97 Å². The van der Waals surface area contributed by atoms with Gasteiger partial charge in [-0.15, -0.1) is 0 Å². The Bertz CT molecular complexity index is 594. The smallest absolute Gasteiger partial charge is 0.416 e. The average Bonchev–Trinajstić information content (AvgIpc) is 2.37. The van der Waals surface area contributed by atoms with Crippen molar-refractivity contribution in [2.45, 2.75) is 26.4 Å². The normalized spacial score (nSPS) is 11.4. The van der Waals surface area contributed by atoms with Gasteiger partial charge in [0.2, 0.25) is 0 Å². The van der Waals surface area contributed by atoms with Gasteiger partial charge in [-0.1, -0.05) is 6.92 Å². The largest absolute Gasteiger partial charge is 0.424 e. The molecule has 0 amide bonds. The fourth-order valence-electron chi connectivity index (χ4n) is 1.65. The lowest BCUT2D eigenvalue weighted by atomic mass is 10.2. The average molecular weight is 282 g/mol. The highest BCUT2D eigenvalue weighted by atomic mass is 19.4. The van der Waals surface area contributed by atoms with Gasteiger partial charge in [0, 0.05) is 11.4 Å². The molecule has 2 rings (SSSR count). The van der Waals surface area contributed by atoms with Crippen LogP contribution in [0, 0.1) is 6.92 Å². The maximum Gasteiger partial charge on any atom is 0.416 e. The lowest BCUT2D eigenvalue weighted by molar-refractivity contribution is -0.137. The Kier molecular flexibility index (Phi) is 3.92. The van der Waals surface area contributed by atoms with E-state index in [2.05, 4.69) is 9.97 Å². The summed E-state index contributed by atoms with van der Waals surface area (Å²) in [5.41, 5.74) is 0.849. The summed E-state index contributed by atoms with van der Waals surface area (Å²) in [6.45, 7) is 3.75. The van der Waals surface area contributed by atoms with Crippen LogP contribution in [0.25, 0.3) is 0 Å². The number of benzene rings is 1. The van der Waals surface area contributed by atoms with Gasteiger partial charge < -0.3 is 4.74 Å². The van der Waals surface area contributed by atoms with Crippen LogP contribution in [0.1, 0.15) is 23.9 Å². The second-order valence-electron chi connectivity index (χ2n) is 4.26. The number of hydrogen-bond acceptors (Lipinski definition) is 3. The molecule has 0 unspecified atom stereocenters. The van der Waals surface area contributed by atoms with Gasteiger partial charge in [0.25, 0.3) is 0 Å². The zero-order valence-electron chi connectivity index (χ0n) is 11.0. The van der Waals surface area contributed by atoms with Crippen LogP contribution in [0.4, 0.5) is 13.2 Å². The SMILES string of the molecule is CCc1cc(C)nc(Oc2ccc(C(F)(F)F)cc2)n1. The predicted molar refractivity (Wildman–Crippen MR) is 67.7 cm³/mol. The van der Waals surface area contributed by atoms with Crippen LogP contribution < -0.4 is 4.74 Å². The number of nitrogens with zero attached hydrogens (tertiary/aromatic N) is 2. The zero-order chi connectivity index (χ0) is 14.8. The van der Waals surface area contributed by atoms with Crippen molar-refractivity contribution >= 4 is 0 Å². The van der Waals surface area contributed by atoms with Crippen LogP contribution >= 0.6 is 0 Å². The van der Waals surface area contributed by atoms with E-state index in [-0.39, 0.29) is 11.8 Å². The Balaban J connectivity index is 2.20. The van der Waals surface area contributed by atoms with E-state index in [1.807, 2.05) is 13.0 Å². The number of rotatable bonds is 3. The van der Waals surface area contributed by atoms with Crippen molar-refractivity contribution in [3.05, 3.63) is 47.3 Å². The van der Waals surface area contributed by atoms with Gasteiger partial charge in [-0.2, -0.15) is 18.2 Å². The van der Waals surface area contributed by atoms with Crippen molar-refractivity contribution in [1.29, 1.82) is 0 Å². The Morgan fingerprint density at radius 1 is 1.10 bits per heavy atom. The standard InChI is InChI=1S/C14H13F3N2O/c1-3-11-8-9(2)18-13(19-11)20-12-6-4-10(5-7-12)14(15,16)17/h4-8H,3H2,1-2H3. The maximum atomic E-state index is 12.4. The van der Waals surface area contributed by atoms with E-state index in [0.717, 1.165) is 29.9 Å². The van der Waals surface area contributed by atoms with Crippen molar-refractivity contribution < 1.29 is 17.9 Å². The summed E-state index contributed by atoms with van der Waals surface area (Å²) in [7, 11) is 0. The van der Waals surface area contributed by atoms with Crippen LogP contribution in [0.5, 0.6) is 11.8 Å². The van der Waals surface area contributed by atoms with Gasteiger partial charge in [-0.05, 0) is 43.7 Å². The third-order valence-corrected chi connectivity index (χ3v) is 2.64. The molecular formula is C14H13F3N2O. The Labute approximate surface area is 114 Å². The minimum absolute atomic E-state index is 0.140. The molecule has 0 N–H and O–H groups in total.